The van der Waals surface area contributed by atoms with Crippen molar-refractivity contribution in [3.05, 3.63) is 33.5 Å². The third kappa shape index (κ3) is 4.33. The highest BCUT2D eigenvalue weighted by atomic mass is 35.5. The molecule has 1 heterocycles. The van der Waals surface area contributed by atoms with Gasteiger partial charge in [0.1, 0.15) is 0 Å². The second kappa shape index (κ2) is 7.11. The monoisotopic (exact) mass is 345 g/mol. The average molecular weight is 347 g/mol. The van der Waals surface area contributed by atoms with Gasteiger partial charge in [0.15, 0.2) is 0 Å². The summed E-state index contributed by atoms with van der Waals surface area (Å²) in [4.78, 5) is 14.5. The third-order valence-corrected chi connectivity index (χ3v) is 3.37. The normalized spacial score (nSPS) is 10.5. The highest BCUT2D eigenvalue weighted by Crippen LogP contribution is 2.25. The number of halogens is 3. The van der Waals surface area contributed by atoms with Crippen LogP contribution < -0.4 is 10.2 Å². The van der Waals surface area contributed by atoms with E-state index in [1.807, 2.05) is 18.7 Å². The van der Waals surface area contributed by atoms with Crippen LogP contribution in [0, 0.1) is 0 Å². The Kier molecular flexibility index (Phi) is 5.45. The number of nitrogens with zero attached hydrogens (tertiary/aromatic N) is 4. The number of anilines is 3. The molecule has 8 heteroatoms. The Hall–Kier alpha value is -1.30. The standard InChI is InChI=1S/C13H14Cl3N5/c1-3-21(4-2)13-19-11(16)18-12(20-13)17-10-6-8(14)5-9(15)7-10/h5-7H,3-4H2,1-2H3,(H,17,18,19,20). The Morgan fingerprint density at radius 1 is 0.952 bits per heavy atom. The van der Waals surface area contributed by atoms with E-state index in [-0.39, 0.29) is 5.28 Å². The van der Waals surface area contributed by atoms with Crippen LogP contribution in [0.5, 0.6) is 0 Å². The van der Waals surface area contributed by atoms with Gasteiger partial charge >= 0.3 is 0 Å². The molecule has 0 saturated carbocycles. The molecule has 2 aromatic rings. The number of aromatic nitrogens is 3. The van der Waals surface area contributed by atoms with Gasteiger partial charge in [0.2, 0.25) is 17.2 Å². The second-order valence-corrected chi connectivity index (χ2v) is 5.39. The summed E-state index contributed by atoms with van der Waals surface area (Å²) in [6.07, 6.45) is 0. The molecule has 0 aliphatic heterocycles. The van der Waals surface area contributed by atoms with Crippen molar-refractivity contribution in [1.82, 2.24) is 15.0 Å². The molecule has 5 nitrogen and oxygen atoms in total. The summed E-state index contributed by atoms with van der Waals surface area (Å²) in [5.41, 5.74) is 0.681. The van der Waals surface area contributed by atoms with Gasteiger partial charge in [-0.3, -0.25) is 0 Å². The lowest BCUT2D eigenvalue weighted by molar-refractivity contribution is 0.814. The van der Waals surface area contributed by atoms with E-state index in [9.17, 15) is 0 Å². The quantitative estimate of drug-likeness (QED) is 0.868. The van der Waals surface area contributed by atoms with Crippen LogP contribution in [0.1, 0.15) is 13.8 Å². The fourth-order valence-electron chi connectivity index (χ4n) is 1.80. The first-order valence-corrected chi connectivity index (χ1v) is 7.54. The molecule has 0 fully saturated rings. The van der Waals surface area contributed by atoms with Crippen LogP contribution in [0.25, 0.3) is 0 Å². The van der Waals surface area contributed by atoms with Crippen molar-refractivity contribution in [2.24, 2.45) is 0 Å². The van der Waals surface area contributed by atoms with Gasteiger partial charge in [0.05, 0.1) is 0 Å². The van der Waals surface area contributed by atoms with Gasteiger partial charge in [0, 0.05) is 28.8 Å². The zero-order valence-electron chi connectivity index (χ0n) is 11.6. The zero-order chi connectivity index (χ0) is 15.4. The molecular weight excluding hydrogens is 333 g/mol. The molecule has 1 N–H and O–H groups in total. The van der Waals surface area contributed by atoms with Crippen molar-refractivity contribution >= 4 is 52.4 Å². The molecule has 1 aromatic carbocycles. The lowest BCUT2D eigenvalue weighted by atomic mass is 10.3. The van der Waals surface area contributed by atoms with Crippen LogP contribution in [0.2, 0.25) is 15.3 Å². The SMILES string of the molecule is CCN(CC)c1nc(Cl)nc(Nc2cc(Cl)cc(Cl)c2)n1. The van der Waals surface area contributed by atoms with Crippen molar-refractivity contribution in [2.75, 3.05) is 23.3 Å². The second-order valence-electron chi connectivity index (χ2n) is 4.18. The topological polar surface area (TPSA) is 53.9 Å². The Morgan fingerprint density at radius 3 is 2.14 bits per heavy atom. The van der Waals surface area contributed by atoms with E-state index in [1.54, 1.807) is 18.2 Å². The van der Waals surface area contributed by atoms with Crippen molar-refractivity contribution in [1.29, 1.82) is 0 Å². The maximum atomic E-state index is 5.96. The summed E-state index contributed by atoms with van der Waals surface area (Å²) in [5, 5.41) is 4.20. The Labute approximate surface area is 138 Å². The molecule has 1 aromatic heterocycles. The van der Waals surface area contributed by atoms with E-state index in [4.69, 9.17) is 34.8 Å². The van der Waals surface area contributed by atoms with Gasteiger partial charge < -0.3 is 10.2 Å². The van der Waals surface area contributed by atoms with E-state index < -0.39 is 0 Å². The van der Waals surface area contributed by atoms with Gasteiger partial charge in [-0.25, -0.2) is 0 Å². The zero-order valence-corrected chi connectivity index (χ0v) is 13.8. The highest BCUT2D eigenvalue weighted by Gasteiger charge is 2.10. The Bertz CT molecular complexity index is 611. The van der Waals surface area contributed by atoms with Gasteiger partial charge in [-0.2, -0.15) is 15.0 Å². The largest absolute Gasteiger partial charge is 0.341 e. The molecule has 0 amide bonds. The van der Waals surface area contributed by atoms with Crippen LogP contribution in [-0.4, -0.2) is 28.0 Å². The maximum absolute atomic E-state index is 5.96. The van der Waals surface area contributed by atoms with Gasteiger partial charge in [-0.1, -0.05) is 23.2 Å². The smallest absolute Gasteiger partial charge is 0.233 e. The van der Waals surface area contributed by atoms with Crippen LogP contribution >= 0.6 is 34.8 Å². The van der Waals surface area contributed by atoms with E-state index in [2.05, 4.69) is 20.3 Å². The summed E-state index contributed by atoms with van der Waals surface area (Å²) in [6, 6.07) is 5.10. The van der Waals surface area contributed by atoms with Crippen LogP contribution in [0.15, 0.2) is 18.2 Å². The predicted molar refractivity (Wildman–Crippen MR) is 88.1 cm³/mol. The van der Waals surface area contributed by atoms with Gasteiger partial charge in [-0.05, 0) is 43.6 Å². The van der Waals surface area contributed by atoms with Crippen LogP contribution in [0.3, 0.4) is 0 Å². The molecule has 0 saturated heterocycles. The highest BCUT2D eigenvalue weighted by molar-refractivity contribution is 6.35. The molecule has 0 bridgehead atoms. The molecule has 0 radical (unpaired) electrons. The van der Waals surface area contributed by atoms with E-state index in [1.165, 1.54) is 0 Å². The van der Waals surface area contributed by atoms with Crippen LogP contribution in [-0.2, 0) is 0 Å². The minimum atomic E-state index is 0.127. The van der Waals surface area contributed by atoms with E-state index in [0.29, 0.717) is 27.6 Å². The molecular formula is C13H14Cl3N5. The fourth-order valence-corrected chi connectivity index (χ4v) is 2.48. The third-order valence-electron chi connectivity index (χ3n) is 2.76. The lowest BCUT2D eigenvalue weighted by Crippen LogP contribution is -2.24. The van der Waals surface area contributed by atoms with E-state index in [0.717, 1.165) is 13.1 Å². The van der Waals surface area contributed by atoms with Crippen molar-refractivity contribution < 1.29 is 0 Å². The van der Waals surface area contributed by atoms with Crippen LogP contribution in [0.4, 0.5) is 17.6 Å². The number of benzene rings is 1. The first-order chi connectivity index (χ1) is 10.0. The first kappa shape index (κ1) is 16.1. The minimum absolute atomic E-state index is 0.127. The predicted octanol–water partition coefficient (Wildman–Crippen LogP) is 4.42. The number of rotatable bonds is 5. The van der Waals surface area contributed by atoms with E-state index >= 15 is 0 Å². The first-order valence-electron chi connectivity index (χ1n) is 6.41. The lowest BCUT2D eigenvalue weighted by Gasteiger charge is -2.18. The Morgan fingerprint density at radius 2 is 1.57 bits per heavy atom. The molecule has 0 spiro atoms. The molecule has 112 valence electrons. The molecule has 2 rings (SSSR count). The molecule has 0 aliphatic rings. The van der Waals surface area contributed by atoms with Gasteiger partial charge in [0.25, 0.3) is 0 Å². The molecule has 0 unspecified atom stereocenters. The average Bonchev–Trinajstić information content (AvgIpc) is 2.38. The minimum Gasteiger partial charge on any atom is -0.341 e. The number of nitrogens with one attached hydrogen (secondary N) is 1. The van der Waals surface area contributed by atoms with Crippen molar-refractivity contribution in [2.45, 2.75) is 13.8 Å². The van der Waals surface area contributed by atoms with Crippen molar-refractivity contribution in [3.63, 3.8) is 0 Å². The van der Waals surface area contributed by atoms with Gasteiger partial charge in [-0.15, -0.1) is 0 Å². The summed E-state index contributed by atoms with van der Waals surface area (Å²) in [6.45, 7) is 5.59. The number of hydrogen-bond donors (Lipinski definition) is 1. The maximum Gasteiger partial charge on any atom is 0.233 e. The summed E-state index contributed by atoms with van der Waals surface area (Å²) in [7, 11) is 0. The molecule has 0 aliphatic carbocycles. The fraction of sp³-hybridized carbons (Fsp3) is 0.308. The summed E-state index contributed by atoms with van der Waals surface area (Å²) < 4.78 is 0. The molecule has 0 atom stereocenters. The molecule has 21 heavy (non-hydrogen) atoms. The van der Waals surface area contributed by atoms with Crippen molar-refractivity contribution in [3.8, 4) is 0 Å². The summed E-state index contributed by atoms with van der Waals surface area (Å²) >= 11 is 17.9. The Balaban J connectivity index is 2.31. The summed E-state index contributed by atoms with van der Waals surface area (Å²) in [5.74, 6) is 0.867. The number of hydrogen-bond acceptors (Lipinski definition) is 5.